The molecule has 20 heavy (non-hydrogen) atoms. The van der Waals surface area contributed by atoms with Crippen LogP contribution >= 0.6 is 0 Å². The molecule has 1 unspecified atom stereocenters. The van der Waals surface area contributed by atoms with Crippen LogP contribution in [-0.2, 0) is 4.74 Å². The summed E-state index contributed by atoms with van der Waals surface area (Å²) >= 11 is 0. The molecule has 5 heteroatoms. The largest absolute Gasteiger partial charge is 0.462 e. The Hall–Kier alpha value is -1.75. The summed E-state index contributed by atoms with van der Waals surface area (Å²) in [6.45, 7) is 4.00. The summed E-state index contributed by atoms with van der Waals surface area (Å²) < 4.78 is 5.01. The number of hydrogen-bond acceptors (Lipinski definition) is 5. The quantitative estimate of drug-likeness (QED) is 0.647. The van der Waals surface area contributed by atoms with Crippen molar-refractivity contribution in [2.24, 2.45) is 5.92 Å². The molecule has 0 bridgehead atoms. The van der Waals surface area contributed by atoms with Crippen LogP contribution in [0.3, 0.4) is 0 Å². The Balaban J connectivity index is 2.21. The molecular weight excluding hydrogens is 256 g/mol. The molecule has 0 saturated carbocycles. The van der Waals surface area contributed by atoms with Crippen LogP contribution in [-0.4, -0.2) is 37.4 Å². The molecule has 1 atom stereocenters. The fourth-order valence-corrected chi connectivity index (χ4v) is 2.59. The summed E-state index contributed by atoms with van der Waals surface area (Å²) in [6.07, 6.45) is 2.05. The van der Waals surface area contributed by atoms with Crippen molar-refractivity contribution in [2.45, 2.75) is 19.8 Å². The van der Waals surface area contributed by atoms with E-state index in [1.807, 2.05) is 0 Å². The van der Waals surface area contributed by atoms with Gasteiger partial charge in [-0.15, -0.1) is 0 Å². The normalized spacial score (nSPS) is 18.9. The molecule has 0 radical (unpaired) electrons. The number of anilines is 2. The second-order valence-electron chi connectivity index (χ2n) is 5.13. The number of nitrogen functional groups attached to an aromatic ring is 1. The Bertz CT molecular complexity index is 476. The number of carbonyl (C=O) groups excluding carboxylic acids is 1. The van der Waals surface area contributed by atoms with Crippen LogP contribution in [0, 0.1) is 5.92 Å². The molecule has 1 saturated heterocycles. The van der Waals surface area contributed by atoms with E-state index in [4.69, 9.17) is 10.5 Å². The van der Waals surface area contributed by atoms with E-state index in [0.717, 1.165) is 31.6 Å². The first-order valence-electron chi connectivity index (χ1n) is 7.08. The second-order valence-corrected chi connectivity index (χ2v) is 5.13. The lowest BCUT2D eigenvalue weighted by atomic mass is 9.98. The van der Waals surface area contributed by atoms with Gasteiger partial charge in [-0.3, -0.25) is 0 Å². The third-order valence-corrected chi connectivity index (χ3v) is 3.66. The predicted octanol–water partition coefficient (Wildman–Crippen LogP) is 1.65. The van der Waals surface area contributed by atoms with Crippen LogP contribution in [0.25, 0.3) is 0 Å². The Kier molecular flexibility index (Phi) is 4.84. The first kappa shape index (κ1) is 14.7. The van der Waals surface area contributed by atoms with Crippen LogP contribution in [0.5, 0.6) is 0 Å². The first-order chi connectivity index (χ1) is 9.65. The molecule has 1 fully saturated rings. The highest BCUT2D eigenvalue weighted by Gasteiger charge is 2.21. The van der Waals surface area contributed by atoms with Gasteiger partial charge in [-0.05, 0) is 43.9 Å². The number of hydrogen-bond donors (Lipinski definition) is 2. The number of piperidine rings is 1. The summed E-state index contributed by atoms with van der Waals surface area (Å²) in [5.41, 5.74) is 8.05. The minimum Gasteiger partial charge on any atom is -0.462 e. The van der Waals surface area contributed by atoms with Gasteiger partial charge in [-0.1, -0.05) is 0 Å². The van der Waals surface area contributed by atoms with E-state index in [-0.39, 0.29) is 18.5 Å². The van der Waals surface area contributed by atoms with Crippen molar-refractivity contribution >= 4 is 17.3 Å². The monoisotopic (exact) mass is 278 g/mol. The van der Waals surface area contributed by atoms with Gasteiger partial charge in [0.15, 0.2) is 0 Å². The van der Waals surface area contributed by atoms with Crippen molar-refractivity contribution in [3.63, 3.8) is 0 Å². The lowest BCUT2D eigenvalue weighted by Gasteiger charge is -2.34. The Morgan fingerprint density at radius 2 is 2.35 bits per heavy atom. The third kappa shape index (κ3) is 3.22. The second kappa shape index (κ2) is 6.61. The van der Waals surface area contributed by atoms with Crippen molar-refractivity contribution < 1.29 is 14.6 Å². The molecule has 2 rings (SSSR count). The Labute approximate surface area is 119 Å². The van der Waals surface area contributed by atoms with Gasteiger partial charge >= 0.3 is 5.97 Å². The zero-order valence-corrected chi connectivity index (χ0v) is 11.8. The summed E-state index contributed by atoms with van der Waals surface area (Å²) in [5.74, 6) is -0.0566. The smallest absolute Gasteiger partial charge is 0.338 e. The predicted molar refractivity (Wildman–Crippen MR) is 78.8 cm³/mol. The highest BCUT2D eigenvalue weighted by atomic mass is 16.5. The van der Waals surface area contributed by atoms with Gasteiger partial charge in [0.25, 0.3) is 0 Å². The molecule has 0 spiro atoms. The Morgan fingerprint density at radius 3 is 3.05 bits per heavy atom. The maximum atomic E-state index is 11.8. The van der Waals surface area contributed by atoms with Gasteiger partial charge in [0, 0.05) is 19.7 Å². The average Bonchev–Trinajstić information content (AvgIpc) is 2.48. The number of nitrogens with zero attached hydrogens (tertiary/aromatic N) is 1. The number of nitrogens with two attached hydrogens (primary N) is 1. The first-order valence-corrected chi connectivity index (χ1v) is 7.08. The number of rotatable bonds is 4. The molecule has 1 aromatic carbocycles. The van der Waals surface area contributed by atoms with E-state index in [2.05, 4.69) is 4.90 Å². The highest BCUT2D eigenvalue weighted by Crippen LogP contribution is 2.29. The van der Waals surface area contributed by atoms with E-state index in [9.17, 15) is 9.90 Å². The molecule has 110 valence electrons. The van der Waals surface area contributed by atoms with Gasteiger partial charge in [0.2, 0.25) is 0 Å². The number of esters is 1. The summed E-state index contributed by atoms with van der Waals surface area (Å²) in [5, 5.41) is 9.31. The van der Waals surface area contributed by atoms with Gasteiger partial charge < -0.3 is 20.5 Å². The van der Waals surface area contributed by atoms with E-state index in [1.165, 1.54) is 0 Å². The maximum absolute atomic E-state index is 11.8. The molecule has 3 N–H and O–H groups in total. The molecule has 0 aliphatic carbocycles. The Morgan fingerprint density at radius 1 is 1.55 bits per heavy atom. The number of ether oxygens (including phenoxy) is 1. The fraction of sp³-hybridized carbons (Fsp3) is 0.533. The van der Waals surface area contributed by atoms with Crippen molar-refractivity contribution in [1.82, 2.24) is 0 Å². The van der Waals surface area contributed by atoms with Crippen LogP contribution in [0.4, 0.5) is 11.4 Å². The molecule has 1 aliphatic heterocycles. The molecular formula is C15H22N2O3. The van der Waals surface area contributed by atoms with E-state index >= 15 is 0 Å². The van der Waals surface area contributed by atoms with Crippen molar-refractivity contribution in [3.8, 4) is 0 Å². The number of aliphatic hydroxyl groups excluding tert-OH is 1. The van der Waals surface area contributed by atoms with Gasteiger partial charge in [0.05, 0.1) is 23.5 Å². The topological polar surface area (TPSA) is 75.8 Å². The molecule has 5 nitrogen and oxygen atoms in total. The molecule has 1 aliphatic rings. The van der Waals surface area contributed by atoms with Gasteiger partial charge in [0.1, 0.15) is 0 Å². The summed E-state index contributed by atoms with van der Waals surface area (Å²) in [7, 11) is 0. The molecule has 1 heterocycles. The van der Waals surface area contributed by atoms with Gasteiger partial charge in [-0.2, -0.15) is 0 Å². The lowest BCUT2D eigenvalue weighted by Crippen LogP contribution is -2.37. The van der Waals surface area contributed by atoms with E-state index < -0.39 is 0 Å². The van der Waals surface area contributed by atoms with Crippen molar-refractivity contribution in [1.29, 1.82) is 0 Å². The minimum absolute atomic E-state index is 0.188. The van der Waals surface area contributed by atoms with Gasteiger partial charge in [-0.25, -0.2) is 4.79 Å². The third-order valence-electron chi connectivity index (χ3n) is 3.66. The van der Waals surface area contributed by atoms with E-state index in [0.29, 0.717) is 17.9 Å². The van der Waals surface area contributed by atoms with Crippen LogP contribution in [0.15, 0.2) is 18.2 Å². The average molecular weight is 278 g/mol. The zero-order chi connectivity index (χ0) is 14.5. The number of aliphatic hydroxyl groups is 1. The summed E-state index contributed by atoms with van der Waals surface area (Å²) in [6, 6.07) is 5.21. The SMILES string of the molecule is CCOC(=O)c1ccc(N)c(N2CCCC(CO)C2)c1. The van der Waals surface area contributed by atoms with Crippen molar-refractivity contribution in [3.05, 3.63) is 23.8 Å². The number of carbonyl (C=O) groups is 1. The minimum atomic E-state index is -0.329. The number of benzene rings is 1. The van der Waals surface area contributed by atoms with Crippen molar-refractivity contribution in [2.75, 3.05) is 36.9 Å². The molecule has 0 aromatic heterocycles. The fourth-order valence-electron chi connectivity index (χ4n) is 2.59. The molecule has 1 aromatic rings. The summed E-state index contributed by atoms with van der Waals surface area (Å²) in [4.78, 5) is 13.9. The highest BCUT2D eigenvalue weighted by molar-refractivity contribution is 5.92. The van der Waals surface area contributed by atoms with Crippen LogP contribution in [0.2, 0.25) is 0 Å². The lowest BCUT2D eigenvalue weighted by molar-refractivity contribution is 0.0526. The standard InChI is InChI=1S/C15H22N2O3/c1-2-20-15(19)12-5-6-13(16)14(8-12)17-7-3-4-11(9-17)10-18/h5-6,8,11,18H,2-4,7,9-10,16H2,1H3. The maximum Gasteiger partial charge on any atom is 0.338 e. The zero-order valence-electron chi connectivity index (χ0n) is 11.8. The van der Waals surface area contributed by atoms with Crippen LogP contribution < -0.4 is 10.6 Å². The molecule has 0 amide bonds. The van der Waals surface area contributed by atoms with E-state index in [1.54, 1.807) is 25.1 Å². The van der Waals surface area contributed by atoms with Crippen LogP contribution in [0.1, 0.15) is 30.1 Å².